The van der Waals surface area contributed by atoms with Gasteiger partial charge in [-0.1, -0.05) is 6.42 Å². The highest BCUT2D eigenvalue weighted by molar-refractivity contribution is 7.89. The van der Waals surface area contributed by atoms with Crippen molar-refractivity contribution in [3.05, 3.63) is 0 Å². The van der Waals surface area contributed by atoms with E-state index in [9.17, 15) is 13.2 Å². The van der Waals surface area contributed by atoms with Gasteiger partial charge in [-0.25, -0.2) is 8.42 Å². The lowest BCUT2D eigenvalue weighted by Gasteiger charge is -2.36. The third-order valence-corrected chi connectivity index (χ3v) is 5.17. The van der Waals surface area contributed by atoms with Gasteiger partial charge in [0.05, 0.1) is 19.5 Å². The number of carbonyl (C=O) groups is 1. The van der Waals surface area contributed by atoms with Crippen LogP contribution in [0.15, 0.2) is 0 Å². The fourth-order valence-corrected chi connectivity index (χ4v) is 3.71. The number of rotatable bonds is 8. The van der Waals surface area contributed by atoms with Crippen LogP contribution in [0.2, 0.25) is 0 Å². The second kappa shape index (κ2) is 7.06. The molecular formula is C11H21NO5S. The Kier molecular flexibility index (Phi) is 6.04. The van der Waals surface area contributed by atoms with Gasteiger partial charge in [0.2, 0.25) is 10.0 Å². The summed E-state index contributed by atoms with van der Waals surface area (Å²) in [6.07, 6.45) is 3.10. The Morgan fingerprint density at radius 1 is 1.44 bits per heavy atom. The molecule has 1 aliphatic rings. The van der Waals surface area contributed by atoms with Crippen molar-refractivity contribution < 1.29 is 23.1 Å². The molecule has 0 saturated heterocycles. The highest BCUT2D eigenvalue weighted by Gasteiger charge is 2.32. The van der Waals surface area contributed by atoms with Crippen molar-refractivity contribution >= 4 is 16.0 Å². The number of carbonyl (C=O) groups excluding carboxylic acids is 1. The molecule has 0 bridgehead atoms. The van der Waals surface area contributed by atoms with Gasteiger partial charge < -0.3 is 9.84 Å². The summed E-state index contributed by atoms with van der Waals surface area (Å²) in [5.41, 5.74) is 0. The molecule has 0 amide bonds. The van der Waals surface area contributed by atoms with Crippen LogP contribution in [0.1, 0.15) is 32.1 Å². The zero-order chi connectivity index (χ0) is 13.6. The molecule has 0 unspecified atom stereocenters. The fourth-order valence-electron chi connectivity index (χ4n) is 1.94. The molecule has 7 heteroatoms. The normalized spacial score (nSPS) is 16.6. The third kappa shape index (κ3) is 4.22. The summed E-state index contributed by atoms with van der Waals surface area (Å²) in [5.74, 6) is -0.471. The van der Waals surface area contributed by atoms with E-state index in [0.717, 1.165) is 19.3 Å². The van der Waals surface area contributed by atoms with Crippen LogP contribution in [0.5, 0.6) is 0 Å². The van der Waals surface area contributed by atoms with Crippen molar-refractivity contribution in [3.8, 4) is 0 Å². The Hall–Kier alpha value is -0.660. The first-order valence-electron chi connectivity index (χ1n) is 6.18. The molecule has 1 fully saturated rings. The zero-order valence-corrected chi connectivity index (χ0v) is 11.5. The number of esters is 1. The predicted octanol–water partition coefficient (Wildman–Crippen LogP) is 0.116. The lowest BCUT2D eigenvalue weighted by molar-refractivity contribution is -0.140. The molecule has 18 heavy (non-hydrogen) atoms. The average molecular weight is 279 g/mol. The van der Waals surface area contributed by atoms with Crippen LogP contribution in [0.25, 0.3) is 0 Å². The molecule has 0 atom stereocenters. The lowest BCUT2D eigenvalue weighted by Crippen LogP contribution is -2.46. The zero-order valence-electron chi connectivity index (χ0n) is 10.7. The van der Waals surface area contributed by atoms with Crippen molar-refractivity contribution in [1.29, 1.82) is 0 Å². The third-order valence-electron chi connectivity index (χ3n) is 3.17. The molecule has 0 spiro atoms. The number of hydrogen-bond acceptors (Lipinski definition) is 5. The van der Waals surface area contributed by atoms with Crippen molar-refractivity contribution in [3.63, 3.8) is 0 Å². The van der Waals surface area contributed by atoms with E-state index in [0.29, 0.717) is 0 Å². The molecule has 0 aromatic rings. The minimum Gasteiger partial charge on any atom is -0.469 e. The number of aliphatic hydroxyl groups excluding tert-OH is 1. The molecule has 1 rings (SSSR count). The minimum atomic E-state index is -3.38. The van der Waals surface area contributed by atoms with E-state index < -0.39 is 16.0 Å². The first-order valence-corrected chi connectivity index (χ1v) is 7.79. The Labute approximate surface area is 108 Å². The van der Waals surface area contributed by atoms with E-state index in [1.54, 1.807) is 0 Å². The SMILES string of the molecule is COC(=O)CCCS(=O)(=O)N(CCO)C1CCC1. The summed E-state index contributed by atoms with van der Waals surface area (Å²) in [7, 11) is -2.10. The van der Waals surface area contributed by atoms with Crippen LogP contribution in [0.3, 0.4) is 0 Å². The van der Waals surface area contributed by atoms with Gasteiger partial charge in [0.25, 0.3) is 0 Å². The number of ether oxygens (including phenoxy) is 1. The van der Waals surface area contributed by atoms with Crippen LogP contribution < -0.4 is 0 Å². The molecule has 0 aromatic carbocycles. The number of sulfonamides is 1. The number of hydrogen-bond donors (Lipinski definition) is 1. The standard InChI is InChI=1S/C11H21NO5S/c1-17-11(14)6-3-9-18(15,16)12(7-8-13)10-4-2-5-10/h10,13H,2-9H2,1H3. The molecule has 1 saturated carbocycles. The molecule has 106 valence electrons. The molecule has 0 aliphatic heterocycles. The van der Waals surface area contributed by atoms with Crippen LogP contribution in [-0.2, 0) is 19.6 Å². The first kappa shape index (κ1) is 15.4. The van der Waals surface area contributed by atoms with Crippen molar-refractivity contribution in [2.24, 2.45) is 0 Å². The molecule has 0 radical (unpaired) electrons. The summed E-state index contributed by atoms with van der Waals surface area (Å²) in [6, 6.07) is 0.0280. The van der Waals surface area contributed by atoms with E-state index in [4.69, 9.17) is 5.11 Å². The van der Waals surface area contributed by atoms with E-state index in [2.05, 4.69) is 4.74 Å². The van der Waals surface area contributed by atoms with Gasteiger partial charge in [0, 0.05) is 19.0 Å². The second-order valence-electron chi connectivity index (χ2n) is 4.41. The van der Waals surface area contributed by atoms with E-state index in [1.807, 2.05) is 0 Å². The summed E-state index contributed by atoms with van der Waals surface area (Å²) in [4.78, 5) is 10.9. The molecule has 0 heterocycles. The van der Waals surface area contributed by atoms with Crippen LogP contribution in [0.4, 0.5) is 0 Å². The first-order chi connectivity index (χ1) is 8.51. The minimum absolute atomic E-state index is 0.0280. The van der Waals surface area contributed by atoms with Crippen molar-refractivity contribution in [1.82, 2.24) is 4.31 Å². The summed E-state index contributed by atoms with van der Waals surface area (Å²) < 4.78 is 30.0. The van der Waals surface area contributed by atoms with Crippen molar-refractivity contribution in [2.75, 3.05) is 26.0 Å². The molecule has 1 aliphatic carbocycles. The molecule has 1 N–H and O–H groups in total. The maximum atomic E-state index is 12.1. The topological polar surface area (TPSA) is 83.9 Å². The lowest BCUT2D eigenvalue weighted by atomic mass is 9.93. The average Bonchev–Trinajstić information content (AvgIpc) is 2.25. The quantitative estimate of drug-likeness (QED) is 0.638. The van der Waals surface area contributed by atoms with Crippen LogP contribution in [0, 0.1) is 0 Å². The van der Waals surface area contributed by atoms with Crippen LogP contribution >= 0.6 is 0 Å². The van der Waals surface area contributed by atoms with Crippen molar-refractivity contribution in [2.45, 2.75) is 38.1 Å². The molecule has 6 nitrogen and oxygen atoms in total. The molecule has 0 aromatic heterocycles. The summed E-state index contributed by atoms with van der Waals surface area (Å²) in [5, 5.41) is 8.94. The van der Waals surface area contributed by atoms with E-state index >= 15 is 0 Å². The van der Waals surface area contributed by atoms with Gasteiger partial charge in [0.15, 0.2) is 0 Å². The Morgan fingerprint density at radius 2 is 2.11 bits per heavy atom. The maximum absolute atomic E-state index is 12.1. The monoisotopic (exact) mass is 279 g/mol. The van der Waals surface area contributed by atoms with Gasteiger partial charge in [-0.2, -0.15) is 4.31 Å². The fraction of sp³-hybridized carbons (Fsp3) is 0.909. The maximum Gasteiger partial charge on any atom is 0.305 e. The highest BCUT2D eigenvalue weighted by Crippen LogP contribution is 2.27. The Morgan fingerprint density at radius 3 is 2.56 bits per heavy atom. The van der Waals surface area contributed by atoms with Gasteiger partial charge in [0.1, 0.15) is 0 Å². The molecular weight excluding hydrogens is 258 g/mol. The largest absolute Gasteiger partial charge is 0.469 e. The van der Waals surface area contributed by atoms with Gasteiger partial charge in [-0.05, 0) is 19.3 Å². The number of aliphatic hydroxyl groups is 1. The van der Waals surface area contributed by atoms with E-state index in [1.165, 1.54) is 11.4 Å². The smallest absolute Gasteiger partial charge is 0.305 e. The number of methoxy groups -OCH3 is 1. The predicted molar refractivity (Wildman–Crippen MR) is 66.5 cm³/mol. The summed E-state index contributed by atoms with van der Waals surface area (Å²) in [6.45, 7) is -0.0298. The number of nitrogens with zero attached hydrogens (tertiary/aromatic N) is 1. The second-order valence-corrected chi connectivity index (χ2v) is 6.46. The Bertz CT molecular complexity index is 364. The Balaban J connectivity index is 2.50. The van der Waals surface area contributed by atoms with E-state index in [-0.39, 0.29) is 37.8 Å². The van der Waals surface area contributed by atoms with Gasteiger partial charge >= 0.3 is 5.97 Å². The summed E-state index contributed by atoms with van der Waals surface area (Å²) >= 11 is 0. The highest BCUT2D eigenvalue weighted by atomic mass is 32.2. The van der Waals surface area contributed by atoms with Crippen LogP contribution in [-0.4, -0.2) is 55.9 Å². The van der Waals surface area contributed by atoms with Gasteiger partial charge in [-0.15, -0.1) is 0 Å². The van der Waals surface area contributed by atoms with Gasteiger partial charge in [-0.3, -0.25) is 4.79 Å².